The summed E-state index contributed by atoms with van der Waals surface area (Å²) in [5.74, 6) is -1.02. The maximum atomic E-state index is 13.9. The lowest BCUT2D eigenvalue weighted by molar-refractivity contribution is -0.139. The summed E-state index contributed by atoms with van der Waals surface area (Å²) in [5, 5.41) is 3.41. The van der Waals surface area contributed by atoms with E-state index in [0.29, 0.717) is 22.9 Å². The molecule has 0 radical (unpaired) electrons. The predicted molar refractivity (Wildman–Crippen MR) is 158 cm³/mol. The molecule has 0 aliphatic rings. The number of ether oxygens (including phenoxy) is 1. The van der Waals surface area contributed by atoms with Gasteiger partial charge in [0.05, 0.1) is 27.7 Å². The van der Waals surface area contributed by atoms with Crippen LogP contribution in [0.2, 0.25) is 10.0 Å². The van der Waals surface area contributed by atoms with Crippen molar-refractivity contribution >= 4 is 50.7 Å². The smallest absolute Gasteiger partial charge is 0.264 e. The van der Waals surface area contributed by atoms with Gasteiger partial charge in [-0.3, -0.25) is 13.9 Å². The predicted octanol–water partition coefficient (Wildman–Crippen LogP) is 5.53. The summed E-state index contributed by atoms with van der Waals surface area (Å²) in [6.45, 7) is 5.12. The van der Waals surface area contributed by atoms with E-state index in [1.54, 1.807) is 25.1 Å². The van der Waals surface area contributed by atoms with Gasteiger partial charge < -0.3 is 15.0 Å². The van der Waals surface area contributed by atoms with Crippen LogP contribution in [-0.4, -0.2) is 51.4 Å². The number of amides is 2. The second kappa shape index (κ2) is 14.0. The highest BCUT2D eigenvalue weighted by Gasteiger charge is 2.32. The van der Waals surface area contributed by atoms with Crippen LogP contribution in [0.3, 0.4) is 0 Å². The van der Waals surface area contributed by atoms with E-state index in [4.69, 9.17) is 27.9 Å². The Hall–Kier alpha value is -3.34. The van der Waals surface area contributed by atoms with Crippen LogP contribution in [0.4, 0.5) is 10.1 Å². The fourth-order valence-corrected chi connectivity index (χ4v) is 5.62. The largest absolute Gasteiger partial charge is 0.497 e. The number of nitrogens with zero attached hydrogens (tertiary/aromatic N) is 2. The fourth-order valence-electron chi connectivity index (χ4n) is 3.88. The third-order valence-corrected chi connectivity index (χ3v) is 8.76. The van der Waals surface area contributed by atoms with Crippen molar-refractivity contribution in [1.82, 2.24) is 10.2 Å². The zero-order valence-corrected chi connectivity index (χ0v) is 25.4. The summed E-state index contributed by atoms with van der Waals surface area (Å²) in [6.07, 6.45) is 0. The molecule has 0 aliphatic carbocycles. The molecule has 3 aromatic carbocycles. The Balaban J connectivity index is 2.02. The van der Waals surface area contributed by atoms with Crippen molar-refractivity contribution in [1.29, 1.82) is 0 Å². The topological polar surface area (TPSA) is 96.0 Å². The number of sulfonamides is 1. The number of halogens is 3. The van der Waals surface area contributed by atoms with Crippen LogP contribution in [0.1, 0.15) is 26.3 Å². The zero-order valence-electron chi connectivity index (χ0n) is 23.1. The van der Waals surface area contributed by atoms with Gasteiger partial charge in [0.15, 0.2) is 0 Å². The van der Waals surface area contributed by atoms with Crippen molar-refractivity contribution in [2.75, 3.05) is 24.5 Å². The lowest BCUT2D eigenvalue weighted by atomic mass is 10.1. The van der Waals surface area contributed by atoms with Gasteiger partial charge in [-0.25, -0.2) is 12.8 Å². The molecule has 0 aromatic heterocycles. The lowest BCUT2D eigenvalue weighted by Gasteiger charge is -2.32. The van der Waals surface area contributed by atoms with Crippen molar-refractivity contribution in [2.45, 2.75) is 38.3 Å². The number of carbonyl (C=O) groups excluding carboxylic acids is 2. The van der Waals surface area contributed by atoms with Gasteiger partial charge in [0.1, 0.15) is 24.2 Å². The number of anilines is 1. The first-order valence-electron chi connectivity index (χ1n) is 12.8. The van der Waals surface area contributed by atoms with Crippen LogP contribution < -0.4 is 14.4 Å². The number of rotatable bonds is 12. The molecule has 3 rings (SSSR count). The van der Waals surface area contributed by atoms with Crippen LogP contribution in [0.5, 0.6) is 5.75 Å². The van der Waals surface area contributed by atoms with Gasteiger partial charge in [-0.05, 0) is 79.1 Å². The molecule has 3 aromatic rings. The van der Waals surface area contributed by atoms with E-state index in [1.165, 1.54) is 48.4 Å². The summed E-state index contributed by atoms with van der Waals surface area (Å²) in [5.41, 5.74) is 0.657. The molecule has 220 valence electrons. The van der Waals surface area contributed by atoms with Crippen molar-refractivity contribution in [3.8, 4) is 5.75 Å². The molecule has 1 atom stereocenters. The first-order valence-corrected chi connectivity index (χ1v) is 15.0. The van der Waals surface area contributed by atoms with Gasteiger partial charge in [-0.2, -0.15) is 0 Å². The molecular weight excluding hydrogens is 592 g/mol. The van der Waals surface area contributed by atoms with E-state index in [9.17, 15) is 22.4 Å². The fraction of sp³-hybridized carbons (Fsp3) is 0.310. The second-order valence-corrected chi connectivity index (χ2v) is 12.4. The van der Waals surface area contributed by atoms with Crippen molar-refractivity contribution in [3.63, 3.8) is 0 Å². The van der Waals surface area contributed by atoms with E-state index in [-0.39, 0.29) is 28.1 Å². The second-order valence-electron chi connectivity index (χ2n) is 9.75. The highest BCUT2D eigenvalue weighted by atomic mass is 35.5. The molecule has 0 unspecified atom stereocenters. The van der Waals surface area contributed by atoms with Gasteiger partial charge in [-0.1, -0.05) is 43.1 Å². The number of nitrogens with one attached hydrogen (secondary N) is 1. The molecule has 0 saturated carbocycles. The summed E-state index contributed by atoms with van der Waals surface area (Å²) in [6, 6.07) is 14.3. The lowest BCUT2D eigenvalue weighted by Crippen LogP contribution is -2.51. The van der Waals surface area contributed by atoms with Gasteiger partial charge in [0, 0.05) is 13.1 Å². The van der Waals surface area contributed by atoms with E-state index in [2.05, 4.69) is 5.32 Å². The van der Waals surface area contributed by atoms with Crippen LogP contribution >= 0.6 is 23.2 Å². The number of hydrogen-bond acceptors (Lipinski definition) is 5. The third kappa shape index (κ3) is 8.34. The van der Waals surface area contributed by atoms with Crippen LogP contribution in [0, 0.1) is 11.7 Å². The van der Waals surface area contributed by atoms with Crippen molar-refractivity contribution in [3.05, 3.63) is 88.2 Å². The monoisotopic (exact) mass is 623 g/mol. The summed E-state index contributed by atoms with van der Waals surface area (Å²) in [7, 11) is -2.85. The Morgan fingerprint density at radius 1 is 0.951 bits per heavy atom. The first kappa shape index (κ1) is 32.2. The standard InChI is InChI=1S/C29H32Cl2FN3O5S/c1-19(2)16-33-29(37)20(3)34(17-21-5-14-26(30)27(31)15-21)28(36)18-35(23-8-6-22(32)7-9-23)41(38,39)25-12-10-24(40-4)11-13-25/h5-15,19-20H,16-18H2,1-4H3,(H,33,37)/t20-/m0/s1. The molecular formula is C29H32Cl2FN3O5S. The third-order valence-electron chi connectivity index (χ3n) is 6.23. The quantitative estimate of drug-likeness (QED) is 0.286. The Morgan fingerprint density at radius 3 is 2.15 bits per heavy atom. The molecule has 0 spiro atoms. The van der Waals surface area contributed by atoms with E-state index in [0.717, 1.165) is 16.4 Å². The normalized spacial score (nSPS) is 12.1. The van der Waals surface area contributed by atoms with Crippen LogP contribution in [-0.2, 0) is 26.2 Å². The van der Waals surface area contributed by atoms with Gasteiger partial charge in [-0.15, -0.1) is 0 Å². The van der Waals surface area contributed by atoms with Crippen molar-refractivity contribution in [2.24, 2.45) is 5.92 Å². The molecule has 0 saturated heterocycles. The molecule has 41 heavy (non-hydrogen) atoms. The Labute approximate surface area is 250 Å². The minimum Gasteiger partial charge on any atom is -0.497 e. The molecule has 1 N–H and O–H groups in total. The molecule has 8 nitrogen and oxygen atoms in total. The highest BCUT2D eigenvalue weighted by Crippen LogP contribution is 2.27. The van der Waals surface area contributed by atoms with Crippen LogP contribution in [0.25, 0.3) is 0 Å². The Bertz CT molecular complexity index is 1470. The molecule has 2 amide bonds. The number of benzene rings is 3. The van der Waals surface area contributed by atoms with E-state index >= 15 is 0 Å². The van der Waals surface area contributed by atoms with Crippen molar-refractivity contribution < 1.29 is 27.1 Å². The van der Waals surface area contributed by atoms with Crippen LogP contribution in [0.15, 0.2) is 71.6 Å². The molecule has 0 aliphatic heterocycles. The molecule has 0 heterocycles. The molecule has 12 heteroatoms. The maximum Gasteiger partial charge on any atom is 0.264 e. The number of carbonyl (C=O) groups is 2. The minimum atomic E-state index is -4.30. The van der Waals surface area contributed by atoms with Gasteiger partial charge in [0.2, 0.25) is 11.8 Å². The Morgan fingerprint density at radius 2 is 1.59 bits per heavy atom. The van der Waals surface area contributed by atoms with Gasteiger partial charge in [0.25, 0.3) is 10.0 Å². The zero-order chi connectivity index (χ0) is 30.3. The molecule has 0 bridgehead atoms. The average molecular weight is 625 g/mol. The Kier molecular flexibility index (Phi) is 11.0. The van der Waals surface area contributed by atoms with E-state index < -0.39 is 40.2 Å². The summed E-state index contributed by atoms with van der Waals surface area (Å²) >= 11 is 12.2. The molecule has 0 fully saturated rings. The minimum absolute atomic E-state index is 0.0498. The summed E-state index contributed by atoms with van der Waals surface area (Å²) in [4.78, 5) is 28.1. The maximum absolute atomic E-state index is 13.9. The number of hydrogen-bond donors (Lipinski definition) is 1. The average Bonchev–Trinajstić information content (AvgIpc) is 2.95. The first-order chi connectivity index (χ1) is 19.3. The summed E-state index contributed by atoms with van der Waals surface area (Å²) < 4.78 is 47.4. The van der Waals surface area contributed by atoms with E-state index in [1.807, 2.05) is 13.8 Å². The number of methoxy groups -OCH3 is 1. The highest BCUT2D eigenvalue weighted by molar-refractivity contribution is 7.92. The van der Waals surface area contributed by atoms with Gasteiger partial charge >= 0.3 is 0 Å². The SMILES string of the molecule is COc1ccc(S(=O)(=O)N(CC(=O)N(Cc2ccc(Cl)c(Cl)c2)[C@@H](C)C(=O)NCC(C)C)c2ccc(F)cc2)cc1.